The van der Waals surface area contributed by atoms with Crippen molar-refractivity contribution in [2.75, 3.05) is 11.3 Å². The molecule has 6 nitrogen and oxygen atoms in total. The molecule has 27 heavy (non-hydrogen) atoms. The molecule has 0 spiro atoms. The molecule has 0 radical (unpaired) electrons. The first kappa shape index (κ1) is 19.9. The maximum Gasteiger partial charge on any atom is 0.261 e. The van der Waals surface area contributed by atoms with Crippen molar-refractivity contribution in [3.8, 4) is 0 Å². The molecule has 3 rings (SSSR count). The molecule has 3 N–H and O–H groups in total. The topological polar surface area (TPSA) is 92.5 Å². The van der Waals surface area contributed by atoms with Crippen molar-refractivity contribution >= 4 is 44.8 Å². The van der Waals surface area contributed by atoms with E-state index in [1.165, 1.54) is 18.2 Å². The molecule has 1 saturated heterocycles. The summed E-state index contributed by atoms with van der Waals surface area (Å²) in [5.41, 5.74) is 6.76. The fraction of sp³-hybridized carbons (Fsp3) is 0.278. The number of sulfonamides is 1. The van der Waals surface area contributed by atoms with Crippen LogP contribution in [0, 0.1) is 0 Å². The van der Waals surface area contributed by atoms with Crippen LogP contribution in [0.3, 0.4) is 0 Å². The summed E-state index contributed by atoms with van der Waals surface area (Å²) in [6, 6.07) is 10.9. The lowest BCUT2D eigenvalue weighted by Gasteiger charge is -2.22. The van der Waals surface area contributed by atoms with Gasteiger partial charge in [-0.2, -0.15) is 0 Å². The quantitative estimate of drug-likeness (QED) is 0.739. The first-order valence-corrected chi connectivity index (χ1v) is 10.6. The number of primary amides is 1. The number of hydrogen-bond acceptors (Lipinski definition) is 4. The van der Waals surface area contributed by atoms with Gasteiger partial charge in [0, 0.05) is 12.2 Å². The number of amides is 1. The third-order valence-electron chi connectivity index (χ3n) is 4.46. The Morgan fingerprint density at radius 3 is 2.67 bits per heavy atom. The lowest BCUT2D eigenvalue weighted by atomic mass is 10.1. The minimum absolute atomic E-state index is 0.0237. The van der Waals surface area contributed by atoms with Crippen molar-refractivity contribution in [3.63, 3.8) is 0 Å². The number of hydrogen-bond donors (Lipinski definition) is 2. The Morgan fingerprint density at radius 2 is 1.96 bits per heavy atom. The third-order valence-corrected chi connectivity index (χ3v) is 6.58. The van der Waals surface area contributed by atoms with E-state index >= 15 is 0 Å². The van der Waals surface area contributed by atoms with Crippen LogP contribution in [0.1, 0.15) is 18.4 Å². The molecule has 1 amide bonds. The van der Waals surface area contributed by atoms with Crippen LogP contribution in [0.15, 0.2) is 47.4 Å². The number of nitrogens with two attached hydrogens (primary N) is 1. The summed E-state index contributed by atoms with van der Waals surface area (Å²) in [6.45, 7) is 1.31. The van der Waals surface area contributed by atoms with Crippen molar-refractivity contribution in [1.29, 1.82) is 0 Å². The van der Waals surface area contributed by atoms with Crippen LogP contribution in [0.5, 0.6) is 0 Å². The van der Waals surface area contributed by atoms with Crippen molar-refractivity contribution in [2.45, 2.75) is 30.3 Å². The van der Waals surface area contributed by atoms with Gasteiger partial charge in [0.15, 0.2) is 0 Å². The molecular weight excluding hydrogens is 409 g/mol. The van der Waals surface area contributed by atoms with E-state index in [4.69, 9.17) is 28.9 Å². The van der Waals surface area contributed by atoms with Gasteiger partial charge in [-0.05, 0) is 55.3 Å². The molecule has 0 aromatic heterocycles. The second kappa shape index (κ2) is 8.06. The fourth-order valence-corrected chi connectivity index (χ4v) is 4.60. The van der Waals surface area contributed by atoms with Crippen LogP contribution in [0.4, 0.5) is 5.69 Å². The number of benzene rings is 2. The van der Waals surface area contributed by atoms with Gasteiger partial charge < -0.3 is 5.73 Å². The van der Waals surface area contributed by atoms with Gasteiger partial charge in [0.25, 0.3) is 10.0 Å². The van der Waals surface area contributed by atoms with E-state index < -0.39 is 10.0 Å². The summed E-state index contributed by atoms with van der Waals surface area (Å²) in [6.07, 6.45) is 1.66. The zero-order chi connectivity index (χ0) is 19.6. The van der Waals surface area contributed by atoms with Gasteiger partial charge in [-0.25, -0.2) is 8.42 Å². The van der Waals surface area contributed by atoms with Gasteiger partial charge in [-0.15, -0.1) is 0 Å². The van der Waals surface area contributed by atoms with E-state index in [1.807, 2.05) is 11.0 Å². The number of nitrogens with zero attached hydrogens (tertiary/aromatic N) is 1. The zero-order valence-corrected chi connectivity index (χ0v) is 16.7. The average molecular weight is 428 g/mol. The molecular formula is C18H19Cl2N3O3S. The molecule has 1 heterocycles. The van der Waals surface area contributed by atoms with Gasteiger partial charge >= 0.3 is 0 Å². The number of halogens is 2. The summed E-state index contributed by atoms with van der Waals surface area (Å²) in [7, 11) is -3.80. The highest BCUT2D eigenvalue weighted by Crippen LogP contribution is 2.26. The maximum atomic E-state index is 12.6. The standard InChI is InChI=1S/C18H19Cl2N3O3S/c19-15-7-6-14(10-16(15)20)27(25,26)22-13-4-1-3-12(9-13)11-23-8-2-5-17(23)18(21)24/h1,3-4,6-7,9-10,17,22H,2,5,8,11H2,(H2,21,24)/t17-/m1/s1. The Morgan fingerprint density at radius 1 is 1.19 bits per heavy atom. The number of anilines is 1. The Kier molecular flexibility index (Phi) is 5.95. The van der Waals surface area contributed by atoms with Crippen LogP contribution in [-0.2, 0) is 21.4 Å². The van der Waals surface area contributed by atoms with Crippen molar-refractivity contribution in [2.24, 2.45) is 5.73 Å². The van der Waals surface area contributed by atoms with Crippen LogP contribution in [-0.4, -0.2) is 31.8 Å². The fourth-order valence-electron chi connectivity index (χ4n) is 3.16. The molecule has 144 valence electrons. The van der Waals surface area contributed by atoms with Gasteiger partial charge in [0.1, 0.15) is 0 Å². The number of nitrogens with one attached hydrogen (secondary N) is 1. The van der Waals surface area contributed by atoms with E-state index in [9.17, 15) is 13.2 Å². The van der Waals surface area contributed by atoms with Crippen LogP contribution in [0.2, 0.25) is 10.0 Å². The van der Waals surface area contributed by atoms with Crippen LogP contribution >= 0.6 is 23.2 Å². The van der Waals surface area contributed by atoms with E-state index in [1.54, 1.807) is 18.2 Å². The van der Waals surface area contributed by atoms with Gasteiger partial charge in [0.05, 0.1) is 21.0 Å². The summed E-state index contributed by atoms with van der Waals surface area (Å²) in [5.74, 6) is -0.330. The van der Waals surface area contributed by atoms with E-state index in [0.29, 0.717) is 12.2 Å². The van der Waals surface area contributed by atoms with Crippen molar-refractivity contribution in [3.05, 3.63) is 58.1 Å². The first-order valence-electron chi connectivity index (χ1n) is 8.36. The summed E-state index contributed by atoms with van der Waals surface area (Å²) in [4.78, 5) is 13.6. The zero-order valence-electron chi connectivity index (χ0n) is 14.4. The molecule has 2 aromatic rings. The molecule has 0 unspecified atom stereocenters. The molecule has 1 aliphatic rings. The highest BCUT2D eigenvalue weighted by molar-refractivity contribution is 7.92. The molecule has 0 aliphatic carbocycles. The third kappa shape index (κ3) is 4.73. The number of carbonyl (C=O) groups is 1. The van der Waals surface area contributed by atoms with Crippen LogP contribution in [0.25, 0.3) is 0 Å². The van der Waals surface area contributed by atoms with E-state index in [-0.39, 0.29) is 26.9 Å². The van der Waals surface area contributed by atoms with Crippen LogP contribution < -0.4 is 10.5 Å². The molecule has 1 atom stereocenters. The summed E-state index contributed by atoms with van der Waals surface area (Å²) in [5, 5.41) is 0.451. The lowest BCUT2D eigenvalue weighted by molar-refractivity contribution is -0.122. The smallest absolute Gasteiger partial charge is 0.261 e. The van der Waals surface area contributed by atoms with Gasteiger partial charge in [-0.3, -0.25) is 14.4 Å². The average Bonchev–Trinajstić information content (AvgIpc) is 3.05. The Labute approximate surface area is 168 Å². The maximum absolute atomic E-state index is 12.6. The Bertz CT molecular complexity index is 966. The summed E-state index contributed by atoms with van der Waals surface area (Å²) >= 11 is 11.8. The number of carbonyl (C=O) groups excluding carboxylic acids is 1. The largest absolute Gasteiger partial charge is 0.368 e. The number of rotatable bonds is 6. The molecule has 9 heteroatoms. The molecule has 0 saturated carbocycles. The monoisotopic (exact) mass is 427 g/mol. The highest BCUT2D eigenvalue weighted by Gasteiger charge is 2.28. The second-order valence-electron chi connectivity index (χ2n) is 6.41. The molecule has 2 aromatic carbocycles. The predicted molar refractivity (Wildman–Crippen MR) is 106 cm³/mol. The normalized spacial score (nSPS) is 17.8. The van der Waals surface area contributed by atoms with E-state index in [2.05, 4.69) is 4.72 Å². The summed E-state index contributed by atoms with van der Waals surface area (Å²) < 4.78 is 27.7. The second-order valence-corrected chi connectivity index (χ2v) is 8.91. The molecule has 0 bridgehead atoms. The molecule has 1 fully saturated rings. The molecule has 1 aliphatic heterocycles. The predicted octanol–water partition coefficient (Wildman–Crippen LogP) is 3.24. The highest BCUT2D eigenvalue weighted by atomic mass is 35.5. The van der Waals surface area contributed by atoms with E-state index in [0.717, 1.165) is 24.9 Å². The van der Waals surface area contributed by atoms with Gasteiger partial charge in [-0.1, -0.05) is 35.3 Å². The Hall–Kier alpha value is -1.80. The SMILES string of the molecule is NC(=O)[C@H]1CCCN1Cc1cccc(NS(=O)(=O)c2ccc(Cl)c(Cl)c2)c1. The van der Waals surface area contributed by atoms with Gasteiger partial charge in [0.2, 0.25) is 5.91 Å². The number of likely N-dealkylation sites (tertiary alicyclic amines) is 1. The first-order chi connectivity index (χ1) is 12.8. The van der Waals surface area contributed by atoms with Crippen molar-refractivity contribution < 1.29 is 13.2 Å². The minimum atomic E-state index is -3.80. The van der Waals surface area contributed by atoms with Crippen molar-refractivity contribution in [1.82, 2.24) is 4.90 Å². The lowest BCUT2D eigenvalue weighted by Crippen LogP contribution is -2.39. The minimum Gasteiger partial charge on any atom is -0.368 e. The Balaban J connectivity index is 1.77.